The summed E-state index contributed by atoms with van der Waals surface area (Å²) in [4.78, 5) is 22.0. The fraction of sp³-hybridized carbons (Fsp3) is 0.520. The van der Waals surface area contributed by atoms with Crippen LogP contribution in [-0.2, 0) is 14.3 Å². The van der Waals surface area contributed by atoms with Crippen LogP contribution in [0, 0.1) is 5.92 Å². The van der Waals surface area contributed by atoms with E-state index in [0.29, 0.717) is 0 Å². The first-order chi connectivity index (χ1) is 13.7. The molecule has 0 heterocycles. The van der Waals surface area contributed by atoms with Crippen LogP contribution in [0.3, 0.4) is 0 Å². The number of allylic oxidation sites excluding steroid dienone is 9. The second-order valence-corrected chi connectivity index (χ2v) is 6.90. The van der Waals surface area contributed by atoms with Gasteiger partial charge in [0.1, 0.15) is 0 Å². The molecule has 0 aliphatic carbocycles. The van der Waals surface area contributed by atoms with Crippen LogP contribution >= 0.6 is 0 Å². The fourth-order valence-corrected chi connectivity index (χ4v) is 2.34. The van der Waals surface area contributed by atoms with Gasteiger partial charge in [-0.05, 0) is 56.8 Å². The lowest BCUT2D eigenvalue weighted by Crippen LogP contribution is -2.19. The van der Waals surface area contributed by atoms with Gasteiger partial charge in [0.05, 0.1) is 7.11 Å². The van der Waals surface area contributed by atoms with Gasteiger partial charge >= 0.3 is 5.97 Å². The van der Waals surface area contributed by atoms with Gasteiger partial charge in [-0.2, -0.15) is 0 Å². The molecule has 0 aromatic carbocycles. The molecule has 164 valence electrons. The topological polar surface area (TPSA) is 69.4 Å². The third-order valence-electron chi connectivity index (χ3n) is 4.39. The van der Waals surface area contributed by atoms with Crippen LogP contribution < -0.4 is 5.73 Å². The Morgan fingerprint density at radius 3 is 2.14 bits per heavy atom. The normalized spacial score (nSPS) is 14.3. The highest BCUT2D eigenvalue weighted by Crippen LogP contribution is 2.19. The van der Waals surface area contributed by atoms with Crippen LogP contribution in [0.5, 0.6) is 0 Å². The van der Waals surface area contributed by atoms with Crippen LogP contribution in [0.15, 0.2) is 58.7 Å². The summed E-state index contributed by atoms with van der Waals surface area (Å²) in [6.07, 6.45) is 16.0. The summed E-state index contributed by atoms with van der Waals surface area (Å²) < 4.78 is 4.89. The molecule has 0 fully saturated rings. The molecule has 0 bridgehead atoms. The summed E-state index contributed by atoms with van der Waals surface area (Å²) in [5, 5.41) is 0. The monoisotopic (exact) mass is 403 g/mol. The van der Waals surface area contributed by atoms with Crippen molar-refractivity contribution < 1.29 is 14.3 Å². The Morgan fingerprint density at radius 2 is 1.76 bits per heavy atom. The van der Waals surface area contributed by atoms with E-state index in [2.05, 4.69) is 51.2 Å². The summed E-state index contributed by atoms with van der Waals surface area (Å²) in [7, 11) is 1.43. The van der Waals surface area contributed by atoms with Crippen molar-refractivity contribution in [2.75, 3.05) is 7.11 Å². The number of esters is 1. The zero-order chi connectivity index (χ0) is 22.8. The van der Waals surface area contributed by atoms with Gasteiger partial charge in [0, 0.05) is 11.5 Å². The summed E-state index contributed by atoms with van der Waals surface area (Å²) in [5.74, 6) is -0.395. The average molecular weight is 404 g/mol. The second kappa shape index (κ2) is 17.7. The van der Waals surface area contributed by atoms with Gasteiger partial charge in [-0.1, -0.05) is 70.6 Å². The second-order valence-electron chi connectivity index (χ2n) is 6.90. The molecule has 0 aromatic rings. The van der Waals surface area contributed by atoms with Crippen molar-refractivity contribution in [2.45, 2.75) is 74.1 Å². The number of hydrogen-bond donors (Lipinski definition) is 1. The zero-order valence-electron chi connectivity index (χ0n) is 19.7. The number of nitrogens with two attached hydrogens (primary N) is 1. The molecule has 0 aliphatic heterocycles. The molecule has 29 heavy (non-hydrogen) atoms. The van der Waals surface area contributed by atoms with Crippen molar-refractivity contribution in [3.05, 3.63) is 58.7 Å². The maximum atomic E-state index is 11.9. The Morgan fingerprint density at radius 1 is 1.14 bits per heavy atom. The summed E-state index contributed by atoms with van der Waals surface area (Å²) in [5.41, 5.74) is 8.92. The first-order valence-electron chi connectivity index (χ1n) is 10.4. The third kappa shape index (κ3) is 13.4. The molecule has 0 rings (SSSR count). The summed E-state index contributed by atoms with van der Waals surface area (Å²) in [6.45, 7) is 14.0. The Kier molecular flexibility index (Phi) is 17.6. The van der Waals surface area contributed by atoms with E-state index in [0.717, 1.165) is 48.0 Å². The van der Waals surface area contributed by atoms with E-state index in [1.54, 1.807) is 0 Å². The standard InChI is InChI=1S/C20H30O2.C5H11NO/c1-7-10-11-14-18(12-8-2)16(4)15-17(5)19(13-9-3)20(21)22-6;1-3-4(2)5(6)7/h8,10-12,14-15H,7,9,13H2,1-6H3;4H,3H2,1-2H3,(H2,6,7)/b11-10+,12-8-,16-15+,18-14+,19-17+;. The Bertz CT molecular complexity index is 649. The number of methoxy groups -OCH3 is 1. The van der Waals surface area contributed by atoms with Crippen LogP contribution in [0.4, 0.5) is 0 Å². The van der Waals surface area contributed by atoms with E-state index in [1.807, 2.05) is 33.8 Å². The minimum absolute atomic E-state index is 0.0417. The van der Waals surface area contributed by atoms with E-state index >= 15 is 0 Å². The number of ether oxygens (including phenoxy) is 1. The Hall–Kier alpha value is -2.36. The number of amides is 1. The van der Waals surface area contributed by atoms with Crippen molar-refractivity contribution in [3.63, 3.8) is 0 Å². The molecule has 0 spiro atoms. The number of carbonyl (C=O) groups excluding carboxylic acids is 2. The van der Waals surface area contributed by atoms with Crippen LogP contribution in [-0.4, -0.2) is 19.0 Å². The average Bonchev–Trinajstić information content (AvgIpc) is 2.70. The molecule has 1 atom stereocenters. The first kappa shape index (κ1) is 28.8. The molecule has 0 saturated heterocycles. The fourth-order valence-electron chi connectivity index (χ4n) is 2.34. The van der Waals surface area contributed by atoms with E-state index in [1.165, 1.54) is 7.11 Å². The smallest absolute Gasteiger partial charge is 0.333 e. The van der Waals surface area contributed by atoms with Gasteiger partial charge in [0.25, 0.3) is 0 Å². The van der Waals surface area contributed by atoms with Crippen molar-refractivity contribution in [3.8, 4) is 0 Å². The summed E-state index contributed by atoms with van der Waals surface area (Å²) >= 11 is 0. The zero-order valence-corrected chi connectivity index (χ0v) is 19.7. The van der Waals surface area contributed by atoms with Crippen LogP contribution in [0.1, 0.15) is 74.1 Å². The van der Waals surface area contributed by atoms with Crippen molar-refractivity contribution >= 4 is 11.9 Å². The highest BCUT2D eigenvalue weighted by Gasteiger charge is 2.11. The van der Waals surface area contributed by atoms with Crippen LogP contribution in [0.2, 0.25) is 0 Å². The number of carbonyl (C=O) groups is 2. The lowest BCUT2D eigenvalue weighted by Gasteiger charge is -2.09. The highest BCUT2D eigenvalue weighted by atomic mass is 16.5. The minimum atomic E-state index is -0.231. The molecule has 0 aromatic heterocycles. The molecule has 4 heteroatoms. The molecular formula is C25H41NO3. The van der Waals surface area contributed by atoms with E-state index in [9.17, 15) is 9.59 Å². The van der Waals surface area contributed by atoms with E-state index < -0.39 is 0 Å². The van der Waals surface area contributed by atoms with Gasteiger partial charge in [-0.15, -0.1) is 0 Å². The largest absolute Gasteiger partial charge is 0.466 e. The predicted molar refractivity (Wildman–Crippen MR) is 124 cm³/mol. The van der Waals surface area contributed by atoms with Crippen LogP contribution in [0.25, 0.3) is 0 Å². The third-order valence-corrected chi connectivity index (χ3v) is 4.39. The maximum absolute atomic E-state index is 11.9. The molecule has 1 amide bonds. The molecule has 0 radical (unpaired) electrons. The Labute approximate surface area is 178 Å². The van der Waals surface area contributed by atoms with Gasteiger partial charge in [-0.3, -0.25) is 4.79 Å². The van der Waals surface area contributed by atoms with E-state index in [-0.39, 0.29) is 17.8 Å². The van der Waals surface area contributed by atoms with Gasteiger partial charge in [-0.25, -0.2) is 4.79 Å². The SMILES string of the molecule is CCC(C)C(N)=O.C\C=C/C(=C\C=C\CC)C(/C)=C/C(C)=C(\CCC)C(=O)OC. The molecular weight excluding hydrogens is 362 g/mol. The van der Waals surface area contributed by atoms with Crippen molar-refractivity contribution in [2.24, 2.45) is 11.7 Å². The lowest BCUT2D eigenvalue weighted by atomic mass is 9.99. The lowest BCUT2D eigenvalue weighted by molar-refractivity contribution is -0.136. The van der Waals surface area contributed by atoms with Gasteiger partial charge < -0.3 is 10.5 Å². The molecule has 4 nitrogen and oxygen atoms in total. The number of hydrogen-bond acceptors (Lipinski definition) is 3. The predicted octanol–water partition coefficient (Wildman–Crippen LogP) is 6.21. The van der Waals surface area contributed by atoms with Crippen molar-refractivity contribution in [1.29, 1.82) is 0 Å². The first-order valence-corrected chi connectivity index (χ1v) is 10.4. The quantitative estimate of drug-likeness (QED) is 0.268. The summed E-state index contributed by atoms with van der Waals surface area (Å²) in [6, 6.07) is 0. The van der Waals surface area contributed by atoms with Gasteiger partial charge in [0.2, 0.25) is 5.91 Å². The number of primary amides is 1. The minimum Gasteiger partial charge on any atom is -0.466 e. The Balaban J connectivity index is 0. The van der Waals surface area contributed by atoms with Crippen molar-refractivity contribution in [1.82, 2.24) is 0 Å². The molecule has 0 saturated carbocycles. The van der Waals surface area contributed by atoms with E-state index in [4.69, 9.17) is 10.5 Å². The maximum Gasteiger partial charge on any atom is 0.333 e. The highest BCUT2D eigenvalue weighted by molar-refractivity contribution is 5.89. The molecule has 2 N–H and O–H groups in total. The number of rotatable bonds is 10. The van der Waals surface area contributed by atoms with Gasteiger partial charge in [0.15, 0.2) is 0 Å². The molecule has 0 aliphatic rings. The molecule has 1 unspecified atom stereocenters.